The number of carbonyl (C=O) groups is 6. The van der Waals surface area contributed by atoms with Gasteiger partial charge in [-0.2, -0.15) is 0 Å². The average molecular weight is 821 g/mol. The van der Waals surface area contributed by atoms with E-state index in [4.69, 9.17) is 18.9 Å². The van der Waals surface area contributed by atoms with E-state index >= 15 is 0 Å². The Labute approximate surface area is 344 Å². The van der Waals surface area contributed by atoms with Gasteiger partial charge >= 0.3 is 12.2 Å². The van der Waals surface area contributed by atoms with E-state index in [0.717, 1.165) is 16.2 Å². The van der Waals surface area contributed by atoms with E-state index < -0.39 is 71.1 Å². The van der Waals surface area contributed by atoms with E-state index in [1.165, 1.54) is 48.5 Å². The molecule has 4 bridgehead atoms. The van der Waals surface area contributed by atoms with Gasteiger partial charge in [-0.3, -0.25) is 19.2 Å². The van der Waals surface area contributed by atoms with Crippen molar-refractivity contribution < 1.29 is 57.9 Å². The van der Waals surface area contributed by atoms with Gasteiger partial charge in [0.25, 0.3) is 0 Å². The lowest BCUT2D eigenvalue weighted by Crippen LogP contribution is -2.49. The zero-order valence-electron chi connectivity index (χ0n) is 32.4. The minimum Gasteiger partial charge on any atom is -0.508 e. The second-order valence-corrected chi connectivity index (χ2v) is 15.5. The predicted octanol–water partition coefficient (Wildman–Crippen LogP) is 3.96. The lowest BCUT2D eigenvalue weighted by Gasteiger charge is -2.28. The van der Waals surface area contributed by atoms with E-state index in [0.29, 0.717) is 24.2 Å². The predicted molar refractivity (Wildman–Crippen MR) is 213 cm³/mol. The summed E-state index contributed by atoms with van der Waals surface area (Å²) >= 11 is 0. The normalized spacial score (nSPS) is 29.9. The molecule has 4 saturated heterocycles. The van der Waals surface area contributed by atoms with Gasteiger partial charge < -0.3 is 39.8 Å². The Hall–Kier alpha value is -6.52. The second-order valence-electron chi connectivity index (χ2n) is 15.5. The van der Waals surface area contributed by atoms with Crippen molar-refractivity contribution in [3.05, 3.63) is 110 Å². The average Bonchev–Trinajstić information content (AvgIpc) is 4.09. The van der Waals surface area contributed by atoms with Gasteiger partial charge in [-0.05, 0) is 73.7 Å². The van der Waals surface area contributed by atoms with Crippen LogP contribution < -0.4 is 20.4 Å². The number of nitrogens with one attached hydrogen (secondary N) is 2. The van der Waals surface area contributed by atoms with Crippen molar-refractivity contribution in [1.29, 1.82) is 0 Å². The topological polar surface area (TPSA) is 210 Å². The van der Waals surface area contributed by atoms with Crippen LogP contribution in [0.5, 0.6) is 11.5 Å². The lowest BCUT2D eigenvalue weighted by molar-refractivity contribution is -0.128. The summed E-state index contributed by atoms with van der Waals surface area (Å²) in [6.45, 7) is 3.83. The number of carbonyl (C=O) groups excluding carboxylic acids is 6. The monoisotopic (exact) mass is 820 g/mol. The first-order valence-electron chi connectivity index (χ1n) is 19.8. The molecule has 6 heterocycles. The zero-order valence-corrected chi connectivity index (χ0v) is 32.4. The largest absolute Gasteiger partial charge is 0.508 e. The van der Waals surface area contributed by atoms with Crippen molar-refractivity contribution in [2.75, 3.05) is 36.1 Å². The molecular formula is C44H44N4O12. The molecule has 2 aromatic rings. The van der Waals surface area contributed by atoms with Crippen molar-refractivity contribution in [1.82, 2.24) is 10.6 Å². The molecule has 4 fully saturated rings. The molecule has 60 heavy (non-hydrogen) atoms. The molecule has 4 N–H and O–H groups in total. The number of allylic oxidation sites excluding steroid dienone is 3. The van der Waals surface area contributed by atoms with Crippen LogP contribution in [-0.4, -0.2) is 95.7 Å². The van der Waals surface area contributed by atoms with E-state index in [1.54, 1.807) is 36.5 Å². The molecule has 16 nitrogen and oxygen atoms in total. The summed E-state index contributed by atoms with van der Waals surface area (Å²) in [5, 5.41) is 24.6. The smallest absolute Gasteiger partial charge is 0.407 e. The highest BCUT2D eigenvalue weighted by molar-refractivity contribution is 6.24. The molecule has 312 valence electrons. The van der Waals surface area contributed by atoms with Crippen LogP contribution in [0.4, 0.5) is 21.0 Å². The summed E-state index contributed by atoms with van der Waals surface area (Å²) in [4.78, 5) is 80.8. The molecule has 0 spiro atoms. The quantitative estimate of drug-likeness (QED) is 0.140. The first kappa shape index (κ1) is 40.3. The van der Waals surface area contributed by atoms with E-state index in [1.807, 2.05) is 18.2 Å². The summed E-state index contributed by atoms with van der Waals surface area (Å²) in [6, 6.07) is 11.6. The third-order valence-electron chi connectivity index (χ3n) is 12.0. The number of phenols is 2. The number of phenolic OH excluding ortho intramolecular Hbond substituents is 2. The van der Waals surface area contributed by atoms with Gasteiger partial charge in [-0.15, -0.1) is 6.58 Å². The van der Waals surface area contributed by atoms with Gasteiger partial charge in [0.1, 0.15) is 35.9 Å². The number of ether oxygens (including phenoxy) is 4. The van der Waals surface area contributed by atoms with Crippen LogP contribution in [-0.2, 0) is 38.1 Å². The number of fused-ring (bicyclic) bond motifs is 10. The SMILES string of the molecule is C=CC(C/C=C\COC(=O)NCC12C=CC(O1)C1C(=O)N(c3ccc(O)cc3)C(=O)C12)CC/C=C/COC(=O)NCC12C=CC(O1)C1C(=O)N(c3ccc(O)cc3)C(=O)C12. The molecular weight excluding hydrogens is 776 g/mol. The zero-order chi connectivity index (χ0) is 42.2. The number of anilines is 2. The summed E-state index contributed by atoms with van der Waals surface area (Å²) in [5.41, 5.74) is -1.64. The number of aromatic hydroxyl groups is 2. The van der Waals surface area contributed by atoms with Crippen molar-refractivity contribution in [3.63, 3.8) is 0 Å². The Morgan fingerprint density at radius 2 is 1.15 bits per heavy atom. The Morgan fingerprint density at radius 3 is 1.60 bits per heavy atom. The number of nitrogens with zero attached hydrogens (tertiary/aromatic N) is 2. The molecule has 9 unspecified atom stereocenters. The fourth-order valence-corrected chi connectivity index (χ4v) is 9.06. The first-order chi connectivity index (χ1) is 28.9. The van der Waals surface area contributed by atoms with E-state index in [9.17, 15) is 39.0 Å². The molecule has 0 aromatic heterocycles. The molecule has 8 rings (SSSR count). The maximum absolute atomic E-state index is 13.5. The van der Waals surface area contributed by atoms with Crippen LogP contribution >= 0.6 is 0 Å². The van der Waals surface area contributed by atoms with Crippen LogP contribution in [0.2, 0.25) is 0 Å². The van der Waals surface area contributed by atoms with Crippen molar-refractivity contribution in [2.45, 2.75) is 42.7 Å². The van der Waals surface area contributed by atoms with Crippen LogP contribution in [0.3, 0.4) is 0 Å². The molecule has 0 radical (unpaired) electrons. The number of hydrogen-bond donors (Lipinski definition) is 4. The Morgan fingerprint density at radius 1 is 0.700 bits per heavy atom. The standard InChI is InChI=1S/C44H44N4O12/c1-2-26(9-5-7-23-58-42(56)46-25-44-21-19-32(60-44)34-36(44)40(54)48(38(34)52)28-12-16-30(50)17-13-28)8-4-3-6-22-57-41(55)45-24-43-20-18-31(59-43)33-35(43)39(53)47(37(33)51)27-10-14-29(49)15-11-27/h2-3,5-7,10-21,26,31-36,49-50H,1,4,8-9,22-25H2,(H,45,55)(H,46,56)/b6-3+,7-5-. The summed E-state index contributed by atoms with van der Waals surface area (Å²) < 4.78 is 22.7. The van der Waals surface area contributed by atoms with Crippen LogP contribution in [0.25, 0.3) is 0 Å². The van der Waals surface area contributed by atoms with Crippen molar-refractivity contribution in [2.24, 2.45) is 29.6 Å². The lowest BCUT2D eigenvalue weighted by atomic mass is 9.77. The highest BCUT2D eigenvalue weighted by Gasteiger charge is 2.69. The summed E-state index contributed by atoms with van der Waals surface area (Å²) in [7, 11) is 0. The molecule has 6 aliphatic heterocycles. The molecule has 0 aliphatic carbocycles. The van der Waals surface area contributed by atoms with Gasteiger partial charge in [-0.25, -0.2) is 19.4 Å². The second kappa shape index (κ2) is 16.3. The molecule has 2 aromatic carbocycles. The van der Waals surface area contributed by atoms with E-state index in [2.05, 4.69) is 17.2 Å². The minimum atomic E-state index is -1.18. The van der Waals surface area contributed by atoms with Gasteiger partial charge in [0.15, 0.2) is 0 Å². The van der Waals surface area contributed by atoms with Gasteiger partial charge in [-0.1, -0.05) is 54.7 Å². The first-order valence-corrected chi connectivity index (χ1v) is 19.8. The maximum atomic E-state index is 13.5. The molecule has 6 amide bonds. The Kier molecular flexibility index (Phi) is 10.9. The van der Waals surface area contributed by atoms with E-state index in [-0.39, 0.29) is 55.5 Å². The number of imide groups is 2. The molecule has 6 aliphatic rings. The Bertz CT molecular complexity index is 2200. The number of amides is 6. The molecule has 9 atom stereocenters. The van der Waals surface area contributed by atoms with Gasteiger partial charge in [0.05, 0.1) is 60.3 Å². The maximum Gasteiger partial charge on any atom is 0.407 e. The molecule has 0 saturated carbocycles. The van der Waals surface area contributed by atoms with Crippen LogP contribution in [0.15, 0.2) is 110 Å². The van der Waals surface area contributed by atoms with Gasteiger partial charge in [0, 0.05) is 0 Å². The fourth-order valence-electron chi connectivity index (χ4n) is 9.06. The molecule has 16 heteroatoms. The number of hydrogen-bond acceptors (Lipinski definition) is 12. The highest BCUT2D eigenvalue weighted by atomic mass is 16.6. The summed E-state index contributed by atoms with van der Waals surface area (Å²) in [6.07, 6.45) is 15.6. The van der Waals surface area contributed by atoms with Crippen LogP contribution in [0, 0.1) is 29.6 Å². The fraction of sp³-hybridized carbons (Fsp3) is 0.364. The van der Waals surface area contributed by atoms with Crippen molar-refractivity contribution in [3.8, 4) is 11.5 Å². The minimum absolute atomic E-state index is 0.0114. The third kappa shape index (κ3) is 7.25. The van der Waals surface area contributed by atoms with Crippen molar-refractivity contribution >= 4 is 47.2 Å². The Balaban J connectivity index is 0.713. The number of alkyl carbamates (subject to hydrolysis) is 2. The highest BCUT2D eigenvalue weighted by Crippen LogP contribution is 2.53. The summed E-state index contributed by atoms with van der Waals surface area (Å²) in [5.74, 6) is -4.49. The van der Waals surface area contributed by atoms with Gasteiger partial charge in [0.2, 0.25) is 23.6 Å². The number of benzene rings is 2. The third-order valence-corrected chi connectivity index (χ3v) is 12.0. The van der Waals surface area contributed by atoms with Crippen LogP contribution in [0.1, 0.15) is 19.3 Å². The number of rotatable bonds is 16.